The highest BCUT2D eigenvalue weighted by Crippen LogP contribution is 2.42. The van der Waals surface area contributed by atoms with Crippen molar-refractivity contribution >= 4 is 29.1 Å². The number of nitrogens with zero attached hydrogens (tertiary/aromatic N) is 1. The van der Waals surface area contributed by atoms with Gasteiger partial charge in [0, 0.05) is 16.9 Å². The second-order valence-corrected chi connectivity index (χ2v) is 9.06. The molecule has 0 aliphatic carbocycles. The Kier molecular flexibility index (Phi) is 5.07. The van der Waals surface area contributed by atoms with Crippen molar-refractivity contribution in [3.63, 3.8) is 0 Å². The monoisotopic (exact) mass is 435 g/mol. The quantitative estimate of drug-likeness (QED) is 0.273. The van der Waals surface area contributed by atoms with Gasteiger partial charge in [-0.25, -0.2) is 0 Å². The van der Waals surface area contributed by atoms with Crippen LogP contribution in [0.25, 0.3) is 22.3 Å². The number of anilines is 2. The first kappa shape index (κ1) is 20.6. The number of hydrogen-bond donors (Lipinski definition) is 0. The Morgan fingerprint density at radius 3 is 1.71 bits per heavy atom. The van der Waals surface area contributed by atoms with Crippen LogP contribution in [-0.4, -0.2) is 6.85 Å². The van der Waals surface area contributed by atoms with E-state index in [9.17, 15) is 0 Å². The number of hydrogen-bond acceptors (Lipinski definition) is 1. The Labute approximate surface area is 202 Å². The lowest BCUT2D eigenvalue weighted by Gasteiger charge is -2.38. The van der Waals surface area contributed by atoms with Gasteiger partial charge in [-0.05, 0) is 59.7 Å². The van der Waals surface area contributed by atoms with Crippen molar-refractivity contribution in [1.82, 2.24) is 0 Å². The number of fused-ring (bicyclic) bond motifs is 5. The van der Waals surface area contributed by atoms with Gasteiger partial charge in [-0.15, -0.1) is 0 Å². The fourth-order valence-corrected chi connectivity index (χ4v) is 5.54. The topological polar surface area (TPSA) is 3.24 Å². The van der Waals surface area contributed by atoms with E-state index in [4.69, 9.17) is 0 Å². The Bertz CT molecular complexity index is 1470. The minimum atomic E-state index is 0.0364. The van der Waals surface area contributed by atoms with Crippen molar-refractivity contribution in [3.8, 4) is 22.3 Å². The maximum atomic E-state index is 2.54. The molecule has 1 heterocycles. The number of para-hydroxylation sites is 2. The third kappa shape index (κ3) is 3.26. The third-order valence-electron chi connectivity index (χ3n) is 7.03. The molecule has 0 saturated carbocycles. The lowest BCUT2D eigenvalue weighted by molar-refractivity contribution is 1.35. The van der Waals surface area contributed by atoms with E-state index < -0.39 is 0 Å². The van der Waals surface area contributed by atoms with Crippen LogP contribution in [0.5, 0.6) is 0 Å². The van der Waals surface area contributed by atoms with E-state index in [-0.39, 0.29) is 6.85 Å². The van der Waals surface area contributed by atoms with Crippen LogP contribution >= 0.6 is 0 Å². The fourth-order valence-electron chi connectivity index (χ4n) is 5.54. The number of aryl methyl sites for hydroxylation is 2. The number of rotatable bonds is 2. The first-order valence-electron chi connectivity index (χ1n) is 11.9. The predicted octanol–water partition coefficient (Wildman–Crippen LogP) is 6.89. The molecule has 2 heteroatoms. The van der Waals surface area contributed by atoms with Crippen LogP contribution in [0.2, 0.25) is 0 Å². The van der Waals surface area contributed by atoms with E-state index in [2.05, 4.69) is 140 Å². The van der Waals surface area contributed by atoms with Crippen molar-refractivity contribution in [3.05, 3.63) is 132 Å². The fraction of sp³-hybridized carbons (Fsp3) is 0.0625. The van der Waals surface area contributed by atoms with Crippen molar-refractivity contribution in [2.24, 2.45) is 0 Å². The molecule has 1 aliphatic heterocycles. The van der Waals surface area contributed by atoms with Gasteiger partial charge in [0.25, 0.3) is 0 Å². The van der Waals surface area contributed by atoms with Gasteiger partial charge in [0.15, 0.2) is 0 Å². The van der Waals surface area contributed by atoms with Gasteiger partial charge in [0.1, 0.15) is 0 Å². The van der Waals surface area contributed by atoms with Crippen molar-refractivity contribution < 1.29 is 0 Å². The molecule has 0 atom stereocenters. The smallest absolute Gasteiger partial charge is 0.329 e. The van der Waals surface area contributed by atoms with Crippen molar-refractivity contribution in [2.75, 3.05) is 4.81 Å². The minimum absolute atomic E-state index is 0.0364. The van der Waals surface area contributed by atoms with E-state index in [1.165, 1.54) is 55.7 Å². The SMILES string of the molecule is Cc1cccc(C)c1B1c2ccccc2-c2ccccc2-c2ccccc2N1c1ccccc1. The van der Waals surface area contributed by atoms with Gasteiger partial charge < -0.3 is 4.81 Å². The van der Waals surface area contributed by atoms with Gasteiger partial charge >= 0.3 is 6.85 Å². The van der Waals surface area contributed by atoms with E-state index in [1.54, 1.807) is 0 Å². The first-order valence-corrected chi connectivity index (χ1v) is 11.9. The highest BCUT2D eigenvalue weighted by atomic mass is 15.1. The van der Waals surface area contributed by atoms with Gasteiger partial charge in [-0.2, -0.15) is 0 Å². The van der Waals surface area contributed by atoms with Crippen molar-refractivity contribution in [2.45, 2.75) is 13.8 Å². The average molecular weight is 435 g/mol. The van der Waals surface area contributed by atoms with Gasteiger partial charge in [0.05, 0.1) is 0 Å². The molecule has 6 rings (SSSR count). The molecular formula is C32H26BN. The van der Waals surface area contributed by atoms with E-state index in [0.29, 0.717) is 0 Å². The standard InChI is InChI=1S/C32H26BN/c1-23-13-12-14-24(2)32(23)33-30-21-10-8-19-28(30)26-17-6-7-18-27(26)29-20-9-11-22-31(29)34(33)25-15-4-3-5-16-25/h3-22H,1-2H3. The first-order chi connectivity index (χ1) is 16.7. The molecule has 1 aliphatic rings. The summed E-state index contributed by atoms with van der Waals surface area (Å²) in [6.07, 6.45) is 0. The van der Waals surface area contributed by atoms with Crippen LogP contribution < -0.4 is 15.7 Å². The highest BCUT2D eigenvalue weighted by molar-refractivity contribution is 6.90. The molecule has 0 amide bonds. The van der Waals surface area contributed by atoms with E-state index in [1.807, 2.05) is 0 Å². The molecule has 0 aromatic heterocycles. The van der Waals surface area contributed by atoms with Crippen molar-refractivity contribution in [1.29, 1.82) is 0 Å². The Hall–Kier alpha value is -4.04. The molecule has 0 radical (unpaired) electrons. The zero-order chi connectivity index (χ0) is 23.1. The van der Waals surface area contributed by atoms with E-state index in [0.717, 1.165) is 0 Å². The normalized spacial score (nSPS) is 12.3. The highest BCUT2D eigenvalue weighted by Gasteiger charge is 2.36. The van der Waals surface area contributed by atoms with Crippen LogP contribution in [0.1, 0.15) is 11.1 Å². The molecule has 0 bridgehead atoms. The molecule has 0 saturated heterocycles. The van der Waals surface area contributed by atoms with Gasteiger partial charge in [-0.3, -0.25) is 0 Å². The van der Waals surface area contributed by atoms with Crippen LogP contribution in [0, 0.1) is 13.8 Å². The maximum Gasteiger partial charge on any atom is 0.329 e. The summed E-state index contributed by atoms with van der Waals surface area (Å²) in [4.78, 5) is 2.54. The molecule has 5 aromatic rings. The molecule has 162 valence electrons. The summed E-state index contributed by atoms with van der Waals surface area (Å²) in [5.74, 6) is 0. The molecular weight excluding hydrogens is 409 g/mol. The van der Waals surface area contributed by atoms with Crippen LogP contribution in [0.15, 0.2) is 121 Å². The summed E-state index contributed by atoms with van der Waals surface area (Å²) in [5.41, 5.74) is 12.8. The molecule has 0 spiro atoms. The zero-order valence-electron chi connectivity index (χ0n) is 19.6. The Morgan fingerprint density at radius 2 is 1.00 bits per heavy atom. The summed E-state index contributed by atoms with van der Waals surface area (Å²) in [6, 6.07) is 44.1. The maximum absolute atomic E-state index is 2.54. The summed E-state index contributed by atoms with van der Waals surface area (Å²) < 4.78 is 0. The summed E-state index contributed by atoms with van der Waals surface area (Å²) in [5, 5.41) is 0. The predicted molar refractivity (Wildman–Crippen MR) is 147 cm³/mol. The zero-order valence-corrected chi connectivity index (χ0v) is 19.6. The summed E-state index contributed by atoms with van der Waals surface area (Å²) >= 11 is 0. The molecule has 0 fully saturated rings. The third-order valence-corrected chi connectivity index (χ3v) is 7.03. The van der Waals surface area contributed by atoms with Crippen LogP contribution in [0.3, 0.4) is 0 Å². The molecule has 0 N–H and O–H groups in total. The molecule has 34 heavy (non-hydrogen) atoms. The van der Waals surface area contributed by atoms with Gasteiger partial charge in [-0.1, -0.05) is 114 Å². The molecule has 1 nitrogen and oxygen atoms in total. The summed E-state index contributed by atoms with van der Waals surface area (Å²) in [6.45, 7) is 4.52. The number of benzene rings is 5. The molecule has 0 unspecified atom stereocenters. The van der Waals surface area contributed by atoms with Crippen LogP contribution in [-0.2, 0) is 0 Å². The minimum Gasteiger partial charge on any atom is -0.376 e. The Morgan fingerprint density at radius 1 is 0.471 bits per heavy atom. The van der Waals surface area contributed by atoms with E-state index >= 15 is 0 Å². The largest absolute Gasteiger partial charge is 0.376 e. The second kappa shape index (κ2) is 8.39. The lowest BCUT2D eigenvalue weighted by atomic mass is 9.45. The average Bonchev–Trinajstić information content (AvgIpc) is 2.88. The second-order valence-electron chi connectivity index (χ2n) is 9.06. The summed E-state index contributed by atoms with van der Waals surface area (Å²) in [7, 11) is 0. The van der Waals surface area contributed by atoms with Crippen LogP contribution in [0.4, 0.5) is 11.4 Å². The Balaban J connectivity index is 1.80. The molecule has 5 aromatic carbocycles. The van der Waals surface area contributed by atoms with Gasteiger partial charge in [0.2, 0.25) is 0 Å². The lowest BCUT2D eigenvalue weighted by Crippen LogP contribution is -2.57.